The molecule has 1 fully saturated rings. The molecule has 1 aromatic carbocycles. The molecule has 3 atom stereocenters. The topological polar surface area (TPSA) is 113 Å². The average Bonchev–Trinajstić information content (AvgIpc) is 3.26. The fourth-order valence-electron chi connectivity index (χ4n) is 3.45. The summed E-state index contributed by atoms with van der Waals surface area (Å²) in [6.45, 7) is 7.70. The van der Waals surface area contributed by atoms with E-state index in [-0.39, 0.29) is 56.6 Å². The third-order valence-corrected chi connectivity index (χ3v) is 7.51. The van der Waals surface area contributed by atoms with E-state index in [0.717, 1.165) is 31.2 Å². The summed E-state index contributed by atoms with van der Waals surface area (Å²) < 4.78 is 28.5. The Bertz CT molecular complexity index is 867. The van der Waals surface area contributed by atoms with Crippen LogP contribution in [-0.4, -0.2) is 55.3 Å². The molecule has 3 rings (SSSR count). The zero-order valence-corrected chi connectivity index (χ0v) is 25.8. The molecule has 0 spiro atoms. The molecule has 1 aromatic rings. The number of hydrogen-bond donors (Lipinski definition) is 1. The summed E-state index contributed by atoms with van der Waals surface area (Å²) in [5.74, 6) is -0.0935. The number of benzene rings is 1. The Labute approximate surface area is 245 Å². The van der Waals surface area contributed by atoms with Crippen molar-refractivity contribution in [2.75, 3.05) is 26.4 Å². The summed E-state index contributed by atoms with van der Waals surface area (Å²) in [7, 11) is -2.06. The van der Waals surface area contributed by atoms with Gasteiger partial charge in [0.2, 0.25) is 5.91 Å². The largest absolute Gasteiger partial charge is 0.427 e. The number of nitrogens with zero attached hydrogens (tertiary/aromatic N) is 1. The minimum Gasteiger partial charge on any atom is -0.427 e. The Balaban J connectivity index is 0.00000248. The van der Waals surface area contributed by atoms with Gasteiger partial charge in [0.1, 0.15) is 14.7 Å². The van der Waals surface area contributed by atoms with Gasteiger partial charge in [0.25, 0.3) is 11.8 Å². The van der Waals surface area contributed by atoms with E-state index >= 15 is 0 Å². The summed E-state index contributed by atoms with van der Waals surface area (Å²) in [6, 6.07) is 7.54. The second kappa shape index (κ2) is 21.4. The molecule has 2 aliphatic rings. The number of aryl methyl sites for hydroxylation is 1. The van der Waals surface area contributed by atoms with E-state index in [0.29, 0.717) is 44.8 Å². The van der Waals surface area contributed by atoms with E-state index < -0.39 is 8.60 Å². The molecule has 0 bridgehead atoms. The molecular formula is C26H40FeN2O8P2. The van der Waals surface area contributed by atoms with Crippen molar-refractivity contribution in [2.45, 2.75) is 72.0 Å². The van der Waals surface area contributed by atoms with Crippen LogP contribution in [0.3, 0.4) is 0 Å². The Morgan fingerprint density at radius 1 is 1.08 bits per heavy atom. The first-order valence-corrected chi connectivity index (χ1v) is 15.2. The zero-order chi connectivity index (χ0) is 27.6. The number of rotatable bonds is 16. The standard InChI is InChI=1S/C24H34N2O8P2.C2H6.Fe/c1-19-9-11-20(12-10-19)33-36(32-18-17-31-24-8-4-6-16-30-24)34-35-25-21(27)7-3-2-5-15-26-22(28)13-14-23(26)29;1-2;/h9-14,24,35H,2-8,15-18H2,1H3,(H,25,27);1-2H3;. The first-order chi connectivity index (χ1) is 18.5. The van der Waals surface area contributed by atoms with Gasteiger partial charge in [-0.3, -0.25) is 28.1 Å². The summed E-state index contributed by atoms with van der Waals surface area (Å²) in [5.41, 5.74) is 1.11. The van der Waals surface area contributed by atoms with Gasteiger partial charge < -0.3 is 19.1 Å². The van der Waals surface area contributed by atoms with Crippen molar-refractivity contribution in [2.24, 2.45) is 0 Å². The normalized spacial score (nSPS) is 17.5. The second-order valence-corrected chi connectivity index (χ2v) is 10.4. The van der Waals surface area contributed by atoms with Crippen LogP contribution in [0.5, 0.6) is 5.75 Å². The summed E-state index contributed by atoms with van der Waals surface area (Å²) in [5, 5.41) is 2.74. The third-order valence-electron chi connectivity index (χ3n) is 5.42. The predicted molar refractivity (Wildman–Crippen MR) is 147 cm³/mol. The molecule has 13 heteroatoms. The van der Waals surface area contributed by atoms with E-state index in [1.54, 1.807) is 0 Å². The minimum atomic E-state index is -1.74. The van der Waals surface area contributed by atoms with Gasteiger partial charge in [-0.15, -0.1) is 0 Å². The molecule has 0 aliphatic carbocycles. The van der Waals surface area contributed by atoms with Crippen molar-refractivity contribution in [3.8, 4) is 5.75 Å². The summed E-state index contributed by atoms with van der Waals surface area (Å²) in [4.78, 5) is 36.4. The molecular weight excluding hydrogens is 586 g/mol. The number of hydrogen-bond acceptors (Lipinski definition) is 8. The second-order valence-electron chi connectivity index (χ2n) is 8.34. The maximum Gasteiger partial charge on any atom is 0.402 e. The molecule has 3 amide bonds. The van der Waals surface area contributed by atoms with Crippen molar-refractivity contribution >= 4 is 35.3 Å². The quantitative estimate of drug-likeness (QED) is 0.114. The number of carbonyl (C=O) groups excluding carboxylic acids is 3. The zero-order valence-electron chi connectivity index (χ0n) is 22.8. The monoisotopic (exact) mass is 626 g/mol. The molecule has 1 saturated heterocycles. The summed E-state index contributed by atoms with van der Waals surface area (Å²) in [6.07, 6.45) is 7.74. The van der Waals surface area contributed by atoms with E-state index in [2.05, 4.69) is 5.09 Å². The first-order valence-electron chi connectivity index (χ1n) is 13.2. The number of imide groups is 1. The van der Waals surface area contributed by atoms with Crippen LogP contribution in [0.15, 0.2) is 36.4 Å². The van der Waals surface area contributed by atoms with Gasteiger partial charge >= 0.3 is 8.60 Å². The van der Waals surface area contributed by atoms with Crippen LogP contribution in [0.4, 0.5) is 0 Å². The summed E-state index contributed by atoms with van der Waals surface area (Å²) >= 11 is 0. The smallest absolute Gasteiger partial charge is 0.402 e. The molecule has 2 aliphatic heterocycles. The van der Waals surface area contributed by atoms with Gasteiger partial charge in [0.15, 0.2) is 6.29 Å². The Hall–Kier alpha value is -1.41. The maximum absolute atomic E-state index is 12.2. The number of amides is 3. The van der Waals surface area contributed by atoms with Crippen molar-refractivity contribution in [1.29, 1.82) is 0 Å². The number of ether oxygens (including phenoxy) is 2. The Morgan fingerprint density at radius 2 is 1.79 bits per heavy atom. The molecule has 2 heterocycles. The van der Waals surface area contributed by atoms with Crippen molar-refractivity contribution < 1.29 is 54.3 Å². The number of carbonyl (C=O) groups is 3. The fourth-order valence-corrected chi connectivity index (χ4v) is 5.10. The number of nitrogens with one attached hydrogen (secondary N) is 1. The molecule has 0 radical (unpaired) electrons. The van der Waals surface area contributed by atoms with Gasteiger partial charge in [-0.05, 0) is 51.2 Å². The van der Waals surface area contributed by atoms with Crippen LogP contribution in [0.25, 0.3) is 0 Å². The molecule has 39 heavy (non-hydrogen) atoms. The van der Waals surface area contributed by atoms with Crippen LogP contribution in [0.1, 0.15) is 64.4 Å². The molecule has 10 nitrogen and oxygen atoms in total. The van der Waals surface area contributed by atoms with E-state index in [4.69, 9.17) is 22.8 Å². The van der Waals surface area contributed by atoms with E-state index in [9.17, 15) is 14.4 Å². The maximum atomic E-state index is 12.2. The van der Waals surface area contributed by atoms with Gasteiger partial charge in [0, 0.05) is 48.8 Å². The van der Waals surface area contributed by atoms with Gasteiger partial charge in [-0.1, -0.05) is 38.0 Å². The average molecular weight is 626 g/mol. The third kappa shape index (κ3) is 14.7. The predicted octanol–water partition coefficient (Wildman–Crippen LogP) is 5.31. The van der Waals surface area contributed by atoms with Crippen molar-refractivity contribution in [1.82, 2.24) is 9.99 Å². The first kappa shape index (κ1) is 35.6. The van der Waals surface area contributed by atoms with Crippen LogP contribution in [0.2, 0.25) is 0 Å². The van der Waals surface area contributed by atoms with Crippen LogP contribution < -0.4 is 9.61 Å². The molecule has 220 valence electrons. The van der Waals surface area contributed by atoms with E-state index in [1.165, 1.54) is 17.1 Å². The fraction of sp³-hybridized carbons (Fsp3) is 0.577. The van der Waals surface area contributed by atoms with Crippen LogP contribution in [0, 0.1) is 6.92 Å². The van der Waals surface area contributed by atoms with Crippen molar-refractivity contribution in [3.63, 3.8) is 0 Å². The molecule has 3 unspecified atom stereocenters. The molecule has 1 N–H and O–H groups in total. The SMILES string of the molecule is CC.Cc1ccc(OP(OCCOC2CCCCO2)OPNC(=O)CCCCCN2C(=O)C=CC2=O)cc1.[Fe]. The van der Waals surface area contributed by atoms with Crippen LogP contribution >= 0.6 is 17.6 Å². The van der Waals surface area contributed by atoms with E-state index in [1.807, 2.05) is 45.0 Å². The van der Waals surface area contributed by atoms with Crippen LogP contribution in [-0.2, 0) is 49.8 Å². The van der Waals surface area contributed by atoms with Gasteiger partial charge in [0.05, 0.1) is 13.2 Å². The molecule has 0 aromatic heterocycles. The number of unbranched alkanes of at least 4 members (excludes halogenated alkanes) is 2. The van der Waals surface area contributed by atoms with Gasteiger partial charge in [-0.25, -0.2) is 0 Å². The Morgan fingerprint density at radius 3 is 2.46 bits per heavy atom. The molecule has 0 saturated carbocycles. The van der Waals surface area contributed by atoms with Crippen molar-refractivity contribution in [3.05, 3.63) is 42.0 Å². The Kier molecular flexibility index (Phi) is 19.5. The van der Waals surface area contributed by atoms with Gasteiger partial charge in [-0.2, -0.15) is 0 Å². The minimum absolute atomic E-state index is 0.